The van der Waals surface area contributed by atoms with Gasteiger partial charge in [0.25, 0.3) is 0 Å². The minimum atomic E-state index is -0.165. The molecule has 0 aliphatic carbocycles. The zero-order valence-electron chi connectivity index (χ0n) is 11.8. The Morgan fingerprint density at radius 3 is 2.57 bits per heavy atom. The van der Waals surface area contributed by atoms with Crippen molar-refractivity contribution in [3.8, 4) is 0 Å². The predicted molar refractivity (Wildman–Crippen MR) is 84.2 cm³/mol. The van der Waals surface area contributed by atoms with Crippen molar-refractivity contribution in [3.05, 3.63) is 65.7 Å². The predicted octanol–water partition coefficient (Wildman–Crippen LogP) is 2.52. The number of hydrogen-bond acceptors (Lipinski definition) is 2. The molecule has 0 radical (unpaired) electrons. The molecule has 2 aromatic carbocycles. The van der Waals surface area contributed by atoms with E-state index in [1.807, 2.05) is 30.3 Å². The summed E-state index contributed by atoms with van der Waals surface area (Å²) in [6.07, 6.45) is 0.946. The van der Waals surface area contributed by atoms with E-state index in [0.717, 1.165) is 18.7 Å². The van der Waals surface area contributed by atoms with Crippen molar-refractivity contribution >= 4 is 11.7 Å². The normalized spacial score (nSPS) is 16.9. The van der Waals surface area contributed by atoms with Crippen LogP contribution in [0, 0.1) is 0 Å². The number of nitrogens with one attached hydrogen (secondary N) is 3. The van der Waals surface area contributed by atoms with E-state index in [0.29, 0.717) is 6.54 Å². The van der Waals surface area contributed by atoms with E-state index < -0.39 is 0 Å². The number of fused-ring (bicyclic) bond motifs is 1. The summed E-state index contributed by atoms with van der Waals surface area (Å²) in [4.78, 5) is 11.9. The van der Waals surface area contributed by atoms with E-state index in [1.54, 1.807) is 0 Å². The van der Waals surface area contributed by atoms with E-state index in [4.69, 9.17) is 0 Å². The Bertz CT molecular complexity index is 612. The minimum Gasteiger partial charge on any atom is -0.336 e. The van der Waals surface area contributed by atoms with Crippen LogP contribution in [-0.4, -0.2) is 18.6 Å². The van der Waals surface area contributed by atoms with Crippen molar-refractivity contribution in [2.45, 2.75) is 19.0 Å². The highest BCUT2D eigenvalue weighted by Gasteiger charge is 2.17. The molecule has 1 aliphatic rings. The molecule has 0 fully saturated rings. The lowest BCUT2D eigenvalue weighted by molar-refractivity contribution is 0.250. The second kappa shape index (κ2) is 6.41. The van der Waals surface area contributed by atoms with E-state index in [-0.39, 0.29) is 12.1 Å². The summed E-state index contributed by atoms with van der Waals surface area (Å²) in [5.41, 5.74) is 3.52. The maximum Gasteiger partial charge on any atom is 0.319 e. The van der Waals surface area contributed by atoms with Gasteiger partial charge in [0.2, 0.25) is 0 Å². The first kappa shape index (κ1) is 13.6. The number of anilines is 1. The number of carbonyl (C=O) groups excluding carboxylic acids is 1. The summed E-state index contributed by atoms with van der Waals surface area (Å²) in [5.74, 6) is 0. The van der Waals surface area contributed by atoms with Crippen molar-refractivity contribution in [1.29, 1.82) is 0 Å². The SMILES string of the molecule is O=C(NC[C@@H]1Cc2ccccc2CN1)Nc1ccccc1. The quantitative estimate of drug-likeness (QED) is 0.809. The number of amides is 2. The molecular weight excluding hydrogens is 262 g/mol. The van der Waals surface area contributed by atoms with Crippen molar-refractivity contribution in [2.75, 3.05) is 11.9 Å². The van der Waals surface area contributed by atoms with Crippen LogP contribution in [0.15, 0.2) is 54.6 Å². The van der Waals surface area contributed by atoms with Gasteiger partial charge in [-0.25, -0.2) is 4.79 Å². The molecule has 0 bridgehead atoms. The topological polar surface area (TPSA) is 53.2 Å². The number of urea groups is 1. The number of rotatable bonds is 3. The average Bonchev–Trinajstić information content (AvgIpc) is 2.54. The lowest BCUT2D eigenvalue weighted by Crippen LogP contribution is -2.45. The van der Waals surface area contributed by atoms with Gasteiger partial charge in [0.15, 0.2) is 0 Å². The van der Waals surface area contributed by atoms with Gasteiger partial charge < -0.3 is 16.0 Å². The molecule has 1 atom stereocenters. The molecule has 1 aliphatic heterocycles. The second-order valence-electron chi connectivity index (χ2n) is 5.25. The molecule has 4 nitrogen and oxygen atoms in total. The molecule has 2 aromatic rings. The summed E-state index contributed by atoms with van der Waals surface area (Å²) in [6, 6.07) is 18.0. The fourth-order valence-electron chi connectivity index (χ4n) is 2.58. The molecule has 0 unspecified atom stereocenters. The number of hydrogen-bond donors (Lipinski definition) is 3. The van der Waals surface area contributed by atoms with Crippen molar-refractivity contribution in [2.24, 2.45) is 0 Å². The van der Waals surface area contributed by atoms with Gasteiger partial charge in [-0.3, -0.25) is 0 Å². The largest absolute Gasteiger partial charge is 0.336 e. The number of para-hydroxylation sites is 1. The molecule has 3 N–H and O–H groups in total. The van der Waals surface area contributed by atoms with Crippen molar-refractivity contribution in [3.63, 3.8) is 0 Å². The molecule has 1 heterocycles. The Balaban J connectivity index is 1.49. The Kier molecular flexibility index (Phi) is 4.17. The lowest BCUT2D eigenvalue weighted by atomic mass is 9.96. The molecule has 21 heavy (non-hydrogen) atoms. The van der Waals surface area contributed by atoms with Gasteiger partial charge in [-0.1, -0.05) is 42.5 Å². The molecular formula is C17H19N3O. The van der Waals surface area contributed by atoms with E-state index >= 15 is 0 Å². The van der Waals surface area contributed by atoms with Gasteiger partial charge in [-0.15, -0.1) is 0 Å². The number of carbonyl (C=O) groups is 1. The highest BCUT2D eigenvalue weighted by molar-refractivity contribution is 5.89. The van der Waals surface area contributed by atoms with E-state index in [1.165, 1.54) is 11.1 Å². The highest BCUT2D eigenvalue weighted by Crippen LogP contribution is 2.15. The first-order valence-electron chi connectivity index (χ1n) is 7.21. The molecule has 2 amide bonds. The molecule has 4 heteroatoms. The smallest absolute Gasteiger partial charge is 0.319 e. The standard InChI is InChI=1S/C17H19N3O/c21-17(20-15-8-2-1-3-9-15)19-12-16-10-13-6-4-5-7-14(13)11-18-16/h1-9,16,18H,10-12H2,(H2,19,20,21)/t16-/m0/s1. The Morgan fingerprint density at radius 2 is 1.76 bits per heavy atom. The Morgan fingerprint density at radius 1 is 1.05 bits per heavy atom. The van der Waals surface area contributed by atoms with Crippen LogP contribution in [0.2, 0.25) is 0 Å². The Hall–Kier alpha value is -2.33. The van der Waals surface area contributed by atoms with Crippen LogP contribution in [-0.2, 0) is 13.0 Å². The van der Waals surface area contributed by atoms with Crippen molar-refractivity contribution in [1.82, 2.24) is 10.6 Å². The zero-order chi connectivity index (χ0) is 14.5. The molecule has 0 aromatic heterocycles. The van der Waals surface area contributed by atoms with Gasteiger partial charge in [0, 0.05) is 24.8 Å². The van der Waals surface area contributed by atoms with Crippen LogP contribution >= 0.6 is 0 Å². The fourth-order valence-corrected chi connectivity index (χ4v) is 2.58. The van der Waals surface area contributed by atoms with Gasteiger partial charge in [-0.2, -0.15) is 0 Å². The van der Waals surface area contributed by atoms with Gasteiger partial charge in [0.1, 0.15) is 0 Å². The molecule has 0 saturated carbocycles. The van der Waals surface area contributed by atoms with Gasteiger partial charge in [-0.05, 0) is 29.7 Å². The summed E-state index contributed by atoms with van der Waals surface area (Å²) in [5, 5.41) is 9.19. The van der Waals surface area contributed by atoms with Crippen molar-refractivity contribution < 1.29 is 4.79 Å². The minimum absolute atomic E-state index is 0.165. The monoisotopic (exact) mass is 281 g/mol. The molecule has 3 rings (SSSR count). The third-order valence-corrected chi connectivity index (χ3v) is 3.71. The van der Waals surface area contributed by atoms with Crippen LogP contribution in [0.25, 0.3) is 0 Å². The van der Waals surface area contributed by atoms with E-state index in [9.17, 15) is 4.79 Å². The van der Waals surface area contributed by atoms with Crippen LogP contribution in [0.3, 0.4) is 0 Å². The fraction of sp³-hybridized carbons (Fsp3) is 0.235. The number of benzene rings is 2. The van der Waals surface area contributed by atoms with Crippen LogP contribution in [0.4, 0.5) is 10.5 Å². The summed E-state index contributed by atoms with van der Waals surface area (Å²) in [7, 11) is 0. The first-order chi connectivity index (χ1) is 10.3. The Labute approximate surface area is 124 Å². The molecule has 0 spiro atoms. The lowest BCUT2D eigenvalue weighted by Gasteiger charge is -2.26. The van der Waals surface area contributed by atoms with Crippen LogP contribution in [0.5, 0.6) is 0 Å². The zero-order valence-corrected chi connectivity index (χ0v) is 11.8. The molecule has 0 saturated heterocycles. The first-order valence-corrected chi connectivity index (χ1v) is 7.21. The summed E-state index contributed by atoms with van der Waals surface area (Å²) < 4.78 is 0. The van der Waals surface area contributed by atoms with Gasteiger partial charge in [0.05, 0.1) is 0 Å². The van der Waals surface area contributed by atoms with E-state index in [2.05, 4.69) is 40.2 Å². The third-order valence-electron chi connectivity index (χ3n) is 3.71. The second-order valence-corrected chi connectivity index (χ2v) is 5.25. The van der Waals surface area contributed by atoms with Crippen LogP contribution < -0.4 is 16.0 Å². The highest BCUT2D eigenvalue weighted by atomic mass is 16.2. The van der Waals surface area contributed by atoms with Crippen LogP contribution in [0.1, 0.15) is 11.1 Å². The van der Waals surface area contributed by atoms with Gasteiger partial charge >= 0.3 is 6.03 Å². The summed E-state index contributed by atoms with van der Waals surface area (Å²) >= 11 is 0. The summed E-state index contributed by atoms with van der Waals surface area (Å²) in [6.45, 7) is 1.48. The molecule has 108 valence electrons. The third kappa shape index (κ3) is 3.61. The maximum atomic E-state index is 11.9. The maximum absolute atomic E-state index is 11.9. The average molecular weight is 281 g/mol.